The number of amides is 1. The van der Waals surface area contributed by atoms with E-state index in [9.17, 15) is 4.79 Å². The molecule has 1 saturated heterocycles. The number of aryl methyl sites for hydroxylation is 2. The van der Waals surface area contributed by atoms with E-state index in [0.29, 0.717) is 12.1 Å². The van der Waals surface area contributed by atoms with Crippen molar-refractivity contribution in [2.45, 2.75) is 59.0 Å². The predicted molar refractivity (Wildman–Crippen MR) is 74.9 cm³/mol. The molecule has 0 spiro atoms. The van der Waals surface area contributed by atoms with Crippen LogP contribution in [0.1, 0.15) is 54.6 Å². The van der Waals surface area contributed by atoms with Crippen molar-refractivity contribution >= 4 is 5.91 Å². The summed E-state index contributed by atoms with van der Waals surface area (Å²) in [6.45, 7) is 8.39. The number of likely N-dealkylation sites (tertiary alicyclic amines) is 1. The van der Waals surface area contributed by atoms with Gasteiger partial charge in [-0.25, -0.2) is 0 Å². The van der Waals surface area contributed by atoms with E-state index in [-0.39, 0.29) is 5.91 Å². The molecule has 1 aromatic rings. The third kappa shape index (κ3) is 2.43. The SMILES string of the molecule is Cc1ccc(C)c(C(=O)N2[C@H](C)CCC[C@H]2C)c1. The van der Waals surface area contributed by atoms with E-state index in [1.54, 1.807) is 0 Å². The Morgan fingerprint density at radius 3 is 2.39 bits per heavy atom. The van der Waals surface area contributed by atoms with Gasteiger partial charge in [0.1, 0.15) is 0 Å². The Kier molecular flexibility index (Phi) is 3.74. The van der Waals surface area contributed by atoms with Crippen molar-refractivity contribution in [3.8, 4) is 0 Å². The standard InChI is InChI=1S/C16H23NO/c1-11-8-9-12(2)15(10-11)16(18)17-13(3)6-5-7-14(17)4/h8-10,13-14H,5-7H2,1-4H3/t13-,14-/m1/s1. The fraction of sp³-hybridized carbons (Fsp3) is 0.562. The van der Waals surface area contributed by atoms with E-state index >= 15 is 0 Å². The molecule has 18 heavy (non-hydrogen) atoms. The zero-order chi connectivity index (χ0) is 13.3. The van der Waals surface area contributed by atoms with Crippen LogP contribution in [0.15, 0.2) is 18.2 Å². The van der Waals surface area contributed by atoms with Crippen LogP contribution >= 0.6 is 0 Å². The molecular weight excluding hydrogens is 222 g/mol. The van der Waals surface area contributed by atoms with Gasteiger partial charge < -0.3 is 4.90 Å². The molecule has 1 aliphatic heterocycles. The molecule has 0 unspecified atom stereocenters. The average Bonchev–Trinajstić information content (AvgIpc) is 2.32. The molecule has 0 aliphatic carbocycles. The number of carbonyl (C=O) groups excluding carboxylic acids is 1. The second-order valence-corrected chi connectivity index (χ2v) is 5.66. The molecule has 0 radical (unpaired) electrons. The molecule has 1 aromatic carbocycles. The zero-order valence-corrected chi connectivity index (χ0v) is 11.9. The van der Waals surface area contributed by atoms with Crippen molar-refractivity contribution in [2.24, 2.45) is 0 Å². The van der Waals surface area contributed by atoms with Crippen LogP contribution in [0.4, 0.5) is 0 Å². The van der Waals surface area contributed by atoms with Crippen LogP contribution in [0.25, 0.3) is 0 Å². The summed E-state index contributed by atoms with van der Waals surface area (Å²) in [4.78, 5) is 14.8. The van der Waals surface area contributed by atoms with Gasteiger partial charge in [0.25, 0.3) is 5.91 Å². The second-order valence-electron chi connectivity index (χ2n) is 5.66. The van der Waals surface area contributed by atoms with Crippen LogP contribution in [-0.4, -0.2) is 22.9 Å². The Bertz CT molecular complexity index is 442. The van der Waals surface area contributed by atoms with Gasteiger partial charge in [-0.2, -0.15) is 0 Å². The van der Waals surface area contributed by atoms with Gasteiger partial charge in [0.05, 0.1) is 0 Å². The summed E-state index contributed by atoms with van der Waals surface area (Å²) in [7, 11) is 0. The molecule has 2 atom stereocenters. The van der Waals surface area contributed by atoms with Crippen molar-refractivity contribution in [1.29, 1.82) is 0 Å². The van der Waals surface area contributed by atoms with Gasteiger partial charge in [0.15, 0.2) is 0 Å². The van der Waals surface area contributed by atoms with E-state index in [1.807, 2.05) is 26.0 Å². The molecule has 98 valence electrons. The Balaban J connectivity index is 2.32. The van der Waals surface area contributed by atoms with E-state index in [1.165, 1.54) is 6.42 Å². The van der Waals surface area contributed by atoms with E-state index in [2.05, 4.69) is 24.8 Å². The van der Waals surface area contributed by atoms with Gasteiger partial charge >= 0.3 is 0 Å². The zero-order valence-electron chi connectivity index (χ0n) is 11.9. The lowest BCUT2D eigenvalue weighted by molar-refractivity contribution is 0.0510. The average molecular weight is 245 g/mol. The van der Waals surface area contributed by atoms with Gasteiger partial charge in [-0.3, -0.25) is 4.79 Å². The molecule has 0 bridgehead atoms. The topological polar surface area (TPSA) is 20.3 Å². The predicted octanol–water partition coefficient (Wildman–Crippen LogP) is 3.71. The highest BCUT2D eigenvalue weighted by molar-refractivity contribution is 5.96. The quantitative estimate of drug-likeness (QED) is 0.738. The maximum absolute atomic E-state index is 12.7. The molecule has 2 nitrogen and oxygen atoms in total. The normalized spacial score (nSPS) is 24.1. The lowest BCUT2D eigenvalue weighted by Gasteiger charge is -2.39. The first-order chi connectivity index (χ1) is 8.50. The van der Waals surface area contributed by atoms with Crippen molar-refractivity contribution < 1.29 is 4.79 Å². The molecule has 0 aromatic heterocycles. The number of carbonyl (C=O) groups is 1. The van der Waals surface area contributed by atoms with Crippen LogP contribution in [0, 0.1) is 13.8 Å². The number of hydrogen-bond acceptors (Lipinski definition) is 1. The Morgan fingerprint density at radius 1 is 1.17 bits per heavy atom. The van der Waals surface area contributed by atoms with E-state index in [4.69, 9.17) is 0 Å². The first-order valence-electron chi connectivity index (χ1n) is 6.90. The van der Waals surface area contributed by atoms with Crippen molar-refractivity contribution in [3.63, 3.8) is 0 Å². The Labute approximate surface area is 110 Å². The minimum absolute atomic E-state index is 0.205. The van der Waals surface area contributed by atoms with Crippen LogP contribution in [0.5, 0.6) is 0 Å². The van der Waals surface area contributed by atoms with Crippen molar-refractivity contribution in [1.82, 2.24) is 4.90 Å². The Morgan fingerprint density at radius 2 is 1.78 bits per heavy atom. The second kappa shape index (κ2) is 5.13. The van der Waals surface area contributed by atoms with Gasteiger partial charge in [0.2, 0.25) is 0 Å². The maximum atomic E-state index is 12.7. The Hall–Kier alpha value is -1.31. The summed E-state index contributed by atoms with van der Waals surface area (Å²) in [6, 6.07) is 6.85. The fourth-order valence-electron chi connectivity index (χ4n) is 2.93. The van der Waals surface area contributed by atoms with Crippen molar-refractivity contribution in [3.05, 3.63) is 34.9 Å². The summed E-state index contributed by atoms with van der Waals surface area (Å²) >= 11 is 0. The molecule has 0 N–H and O–H groups in total. The van der Waals surface area contributed by atoms with E-state index < -0.39 is 0 Å². The highest BCUT2D eigenvalue weighted by Crippen LogP contribution is 2.25. The summed E-state index contributed by atoms with van der Waals surface area (Å²) in [6.07, 6.45) is 3.49. The molecule has 2 heteroatoms. The number of benzene rings is 1. The first-order valence-corrected chi connectivity index (χ1v) is 6.90. The third-order valence-corrected chi connectivity index (χ3v) is 4.05. The largest absolute Gasteiger partial charge is 0.333 e. The lowest BCUT2D eigenvalue weighted by atomic mass is 9.95. The molecule has 1 aliphatic rings. The maximum Gasteiger partial charge on any atom is 0.254 e. The molecule has 1 heterocycles. The molecule has 1 amide bonds. The van der Waals surface area contributed by atoms with Gasteiger partial charge in [-0.05, 0) is 58.6 Å². The van der Waals surface area contributed by atoms with Gasteiger partial charge in [-0.1, -0.05) is 17.7 Å². The van der Waals surface area contributed by atoms with Gasteiger partial charge in [-0.15, -0.1) is 0 Å². The van der Waals surface area contributed by atoms with Crippen LogP contribution in [0.2, 0.25) is 0 Å². The highest BCUT2D eigenvalue weighted by Gasteiger charge is 2.30. The summed E-state index contributed by atoms with van der Waals surface area (Å²) in [5.41, 5.74) is 3.10. The monoisotopic (exact) mass is 245 g/mol. The lowest BCUT2D eigenvalue weighted by Crippen LogP contribution is -2.47. The number of hydrogen-bond donors (Lipinski definition) is 0. The van der Waals surface area contributed by atoms with Crippen LogP contribution in [0.3, 0.4) is 0 Å². The molecule has 0 saturated carbocycles. The minimum atomic E-state index is 0.205. The summed E-state index contributed by atoms with van der Waals surface area (Å²) < 4.78 is 0. The van der Waals surface area contributed by atoms with Crippen LogP contribution < -0.4 is 0 Å². The van der Waals surface area contributed by atoms with E-state index in [0.717, 1.165) is 29.5 Å². The minimum Gasteiger partial charge on any atom is -0.333 e. The van der Waals surface area contributed by atoms with Gasteiger partial charge in [0, 0.05) is 17.6 Å². The molecule has 1 fully saturated rings. The number of piperidine rings is 1. The first kappa shape index (κ1) is 13.1. The third-order valence-electron chi connectivity index (χ3n) is 4.05. The fourth-order valence-corrected chi connectivity index (χ4v) is 2.93. The highest BCUT2D eigenvalue weighted by atomic mass is 16.2. The molecule has 2 rings (SSSR count). The van der Waals surface area contributed by atoms with Crippen molar-refractivity contribution in [2.75, 3.05) is 0 Å². The summed E-state index contributed by atoms with van der Waals surface area (Å²) in [5.74, 6) is 0.205. The summed E-state index contributed by atoms with van der Waals surface area (Å²) in [5, 5.41) is 0. The number of rotatable bonds is 1. The molecular formula is C16H23NO. The smallest absolute Gasteiger partial charge is 0.254 e. The number of nitrogens with zero attached hydrogens (tertiary/aromatic N) is 1. The van der Waals surface area contributed by atoms with Crippen LogP contribution in [-0.2, 0) is 0 Å².